The molecular formula is C13H17BBrFO2. The highest BCUT2D eigenvalue weighted by molar-refractivity contribution is 9.08. The monoisotopic (exact) mass is 314 g/mol. The minimum Gasteiger partial charge on any atom is -0.399 e. The van der Waals surface area contributed by atoms with Crippen molar-refractivity contribution in [3.63, 3.8) is 0 Å². The van der Waals surface area contributed by atoms with Crippen molar-refractivity contribution >= 4 is 28.5 Å². The van der Waals surface area contributed by atoms with Gasteiger partial charge in [0.15, 0.2) is 0 Å². The standard InChI is InChI=1S/C13H17BBrFO2/c1-12(2)13(3,4)18-14(17-12)10-6-5-7-11(16)9(10)8-15/h5-7H,8H2,1-4H3. The van der Waals surface area contributed by atoms with Gasteiger partial charge in [0.25, 0.3) is 0 Å². The van der Waals surface area contributed by atoms with E-state index < -0.39 is 18.3 Å². The van der Waals surface area contributed by atoms with E-state index in [1.165, 1.54) is 6.07 Å². The fourth-order valence-corrected chi connectivity index (χ4v) is 2.50. The van der Waals surface area contributed by atoms with Crippen molar-refractivity contribution < 1.29 is 13.7 Å². The van der Waals surface area contributed by atoms with E-state index >= 15 is 0 Å². The van der Waals surface area contributed by atoms with Gasteiger partial charge in [-0.2, -0.15) is 0 Å². The number of halogens is 2. The number of benzene rings is 1. The smallest absolute Gasteiger partial charge is 0.399 e. The Labute approximate surface area is 116 Å². The summed E-state index contributed by atoms with van der Waals surface area (Å²) in [5.41, 5.74) is 0.530. The maximum Gasteiger partial charge on any atom is 0.495 e. The fourth-order valence-electron chi connectivity index (χ4n) is 1.91. The molecule has 0 spiro atoms. The summed E-state index contributed by atoms with van der Waals surface area (Å²) in [7, 11) is -0.516. The van der Waals surface area contributed by atoms with Crippen molar-refractivity contribution in [1.82, 2.24) is 0 Å². The van der Waals surface area contributed by atoms with E-state index in [-0.39, 0.29) is 5.82 Å². The molecule has 0 aromatic heterocycles. The Morgan fingerprint density at radius 1 is 1.17 bits per heavy atom. The van der Waals surface area contributed by atoms with Crippen molar-refractivity contribution in [2.24, 2.45) is 0 Å². The van der Waals surface area contributed by atoms with E-state index in [0.29, 0.717) is 10.9 Å². The molecule has 1 aromatic carbocycles. The molecule has 5 heteroatoms. The summed E-state index contributed by atoms with van der Waals surface area (Å²) in [5.74, 6) is -0.237. The van der Waals surface area contributed by atoms with Crippen LogP contribution >= 0.6 is 15.9 Å². The largest absolute Gasteiger partial charge is 0.495 e. The van der Waals surface area contributed by atoms with Crippen LogP contribution in [-0.2, 0) is 14.6 Å². The van der Waals surface area contributed by atoms with Gasteiger partial charge in [0.1, 0.15) is 5.82 Å². The Morgan fingerprint density at radius 2 is 1.72 bits per heavy atom. The molecule has 1 heterocycles. The first-order valence-electron chi connectivity index (χ1n) is 5.97. The summed E-state index contributed by atoms with van der Waals surface area (Å²) in [6, 6.07) is 4.98. The van der Waals surface area contributed by atoms with Gasteiger partial charge in [-0.05, 0) is 44.8 Å². The number of rotatable bonds is 2. The summed E-state index contributed by atoms with van der Waals surface area (Å²) in [6.45, 7) is 7.94. The van der Waals surface area contributed by atoms with Gasteiger partial charge in [0, 0.05) is 5.33 Å². The maximum absolute atomic E-state index is 13.7. The molecular weight excluding hydrogens is 298 g/mol. The normalized spacial score (nSPS) is 21.3. The van der Waals surface area contributed by atoms with Gasteiger partial charge in [0.2, 0.25) is 0 Å². The van der Waals surface area contributed by atoms with E-state index in [4.69, 9.17) is 9.31 Å². The van der Waals surface area contributed by atoms with E-state index in [1.54, 1.807) is 6.07 Å². The fraction of sp³-hybridized carbons (Fsp3) is 0.538. The van der Waals surface area contributed by atoms with Crippen LogP contribution in [0.3, 0.4) is 0 Å². The first-order valence-corrected chi connectivity index (χ1v) is 7.09. The van der Waals surface area contributed by atoms with Gasteiger partial charge in [0.05, 0.1) is 11.2 Å². The van der Waals surface area contributed by atoms with Gasteiger partial charge >= 0.3 is 7.12 Å². The summed E-state index contributed by atoms with van der Waals surface area (Å²) in [6.07, 6.45) is 0. The van der Waals surface area contributed by atoms with Crippen LogP contribution in [0.2, 0.25) is 0 Å². The number of hydrogen-bond acceptors (Lipinski definition) is 2. The number of hydrogen-bond donors (Lipinski definition) is 0. The molecule has 0 bridgehead atoms. The third kappa shape index (κ3) is 2.24. The third-order valence-electron chi connectivity index (χ3n) is 3.80. The zero-order chi connectivity index (χ0) is 13.6. The summed E-state index contributed by atoms with van der Waals surface area (Å²) >= 11 is 3.31. The zero-order valence-electron chi connectivity index (χ0n) is 11.1. The lowest BCUT2D eigenvalue weighted by Gasteiger charge is -2.32. The van der Waals surface area contributed by atoms with Crippen LogP contribution in [0.5, 0.6) is 0 Å². The second-order valence-corrected chi connectivity index (χ2v) is 6.09. The van der Waals surface area contributed by atoms with Crippen LogP contribution in [0.25, 0.3) is 0 Å². The van der Waals surface area contributed by atoms with Crippen molar-refractivity contribution in [3.05, 3.63) is 29.6 Å². The highest BCUT2D eigenvalue weighted by Crippen LogP contribution is 2.36. The topological polar surface area (TPSA) is 18.5 Å². The second kappa shape index (κ2) is 4.62. The average Bonchev–Trinajstić information content (AvgIpc) is 2.47. The molecule has 98 valence electrons. The molecule has 0 amide bonds. The molecule has 1 fully saturated rings. The quantitative estimate of drug-likeness (QED) is 0.617. The Balaban J connectivity index is 2.38. The molecule has 18 heavy (non-hydrogen) atoms. The first kappa shape index (κ1) is 14.0. The minimum absolute atomic E-state index is 0.237. The lowest BCUT2D eigenvalue weighted by atomic mass is 9.76. The molecule has 0 radical (unpaired) electrons. The van der Waals surface area contributed by atoms with Crippen LogP contribution in [-0.4, -0.2) is 18.3 Å². The highest BCUT2D eigenvalue weighted by Gasteiger charge is 2.52. The van der Waals surface area contributed by atoms with Crippen molar-refractivity contribution in [2.75, 3.05) is 0 Å². The van der Waals surface area contributed by atoms with E-state index in [2.05, 4.69) is 15.9 Å². The van der Waals surface area contributed by atoms with E-state index in [9.17, 15) is 4.39 Å². The Bertz CT molecular complexity index is 446. The zero-order valence-corrected chi connectivity index (χ0v) is 12.7. The molecule has 1 aliphatic rings. The van der Waals surface area contributed by atoms with Crippen LogP contribution in [0.1, 0.15) is 33.3 Å². The minimum atomic E-state index is -0.516. The summed E-state index contributed by atoms with van der Waals surface area (Å²) < 4.78 is 25.6. The maximum atomic E-state index is 13.7. The molecule has 0 unspecified atom stereocenters. The van der Waals surface area contributed by atoms with Gasteiger partial charge in [-0.15, -0.1) is 0 Å². The van der Waals surface area contributed by atoms with Gasteiger partial charge < -0.3 is 9.31 Å². The summed E-state index contributed by atoms with van der Waals surface area (Å²) in [4.78, 5) is 0. The van der Waals surface area contributed by atoms with Crippen LogP contribution in [0.15, 0.2) is 18.2 Å². The van der Waals surface area contributed by atoms with E-state index in [1.807, 2.05) is 33.8 Å². The van der Waals surface area contributed by atoms with Gasteiger partial charge in [-0.3, -0.25) is 0 Å². The molecule has 2 rings (SSSR count). The molecule has 1 aromatic rings. The Kier molecular flexibility index (Phi) is 3.60. The van der Waals surface area contributed by atoms with Gasteiger partial charge in [-0.25, -0.2) is 4.39 Å². The first-order chi connectivity index (χ1) is 8.28. The van der Waals surface area contributed by atoms with Crippen LogP contribution < -0.4 is 5.46 Å². The molecule has 2 nitrogen and oxygen atoms in total. The molecule has 0 aliphatic carbocycles. The predicted octanol–water partition coefficient (Wildman–Crippen LogP) is 3.02. The molecule has 1 aliphatic heterocycles. The van der Waals surface area contributed by atoms with Crippen molar-refractivity contribution in [1.29, 1.82) is 0 Å². The number of alkyl halides is 1. The average molecular weight is 315 g/mol. The molecule has 0 N–H and O–H groups in total. The van der Waals surface area contributed by atoms with Crippen molar-refractivity contribution in [3.8, 4) is 0 Å². The van der Waals surface area contributed by atoms with E-state index in [0.717, 1.165) is 5.46 Å². The predicted molar refractivity (Wildman–Crippen MR) is 74.7 cm³/mol. The lowest BCUT2D eigenvalue weighted by molar-refractivity contribution is 0.00578. The SMILES string of the molecule is CC1(C)OB(c2cccc(F)c2CBr)OC1(C)C. The lowest BCUT2D eigenvalue weighted by Crippen LogP contribution is -2.41. The second-order valence-electron chi connectivity index (χ2n) is 5.53. The van der Waals surface area contributed by atoms with Gasteiger partial charge in [-0.1, -0.05) is 28.1 Å². The molecule has 1 saturated heterocycles. The molecule has 0 atom stereocenters. The summed E-state index contributed by atoms with van der Waals surface area (Å²) in [5, 5.41) is 0.444. The Hall–Kier alpha value is -0.385. The highest BCUT2D eigenvalue weighted by atomic mass is 79.9. The van der Waals surface area contributed by atoms with Crippen LogP contribution in [0.4, 0.5) is 4.39 Å². The van der Waals surface area contributed by atoms with Crippen molar-refractivity contribution in [2.45, 2.75) is 44.2 Å². The molecule has 0 saturated carbocycles. The van der Waals surface area contributed by atoms with Crippen LogP contribution in [0, 0.1) is 5.82 Å². The Morgan fingerprint density at radius 3 is 2.22 bits per heavy atom. The third-order valence-corrected chi connectivity index (χ3v) is 4.36.